The van der Waals surface area contributed by atoms with Crippen LogP contribution in [0, 0.1) is 0 Å². The second kappa shape index (κ2) is 9.80. The van der Waals surface area contributed by atoms with Crippen molar-refractivity contribution in [3.05, 3.63) is 113 Å². The monoisotopic (exact) mass is 538 g/mol. The maximum absolute atomic E-state index is 13.1. The van der Waals surface area contributed by atoms with Crippen LogP contribution in [-0.4, -0.2) is 27.1 Å². The van der Waals surface area contributed by atoms with Gasteiger partial charge in [0.1, 0.15) is 6.10 Å². The molecule has 1 aromatic heterocycles. The van der Waals surface area contributed by atoms with E-state index in [9.17, 15) is 19.2 Å². The summed E-state index contributed by atoms with van der Waals surface area (Å²) in [6.45, 7) is 0. The van der Waals surface area contributed by atoms with E-state index in [1.165, 1.54) is 47.2 Å². The molecule has 0 N–H and O–H groups in total. The molecule has 0 fully saturated rings. The van der Waals surface area contributed by atoms with E-state index in [1.54, 1.807) is 12.2 Å². The number of hydrogen-bond acceptors (Lipinski definition) is 5. The lowest BCUT2D eigenvalue weighted by molar-refractivity contribution is 0.0382. The van der Waals surface area contributed by atoms with Gasteiger partial charge in [-0.15, -0.1) is 0 Å². The Morgan fingerprint density at radius 1 is 0.824 bits per heavy atom. The fourth-order valence-corrected chi connectivity index (χ4v) is 4.61. The van der Waals surface area contributed by atoms with Crippen LogP contribution in [0.5, 0.6) is 0 Å². The lowest BCUT2D eigenvalue weighted by Crippen LogP contribution is -2.44. The molecule has 174 valence electrons. The SMILES string of the molecule is O=C(O[C@@H]1C=C[C@H](n2ccc(=O)n(C(=O)c3cc(Cl)cc(Cl)c3)c2=O)C1)c1cc(Cl)cc(Cl)c1. The van der Waals surface area contributed by atoms with Crippen LogP contribution in [0.3, 0.4) is 0 Å². The molecule has 1 heterocycles. The summed E-state index contributed by atoms with van der Waals surface area (Å²) >= 11 is 23.7. The molecule has 0 unspecified atom stereocenters. The van der Waals surface area contributed by atoms with Crippen molar-refractivity contribution in [1.82, 2.24) is 9.13 Å². The number of aromatic nitrogens is 2. The van der Waals surface area contributed by atoms with E-state index in [-0.39, 0.29) is 27.6 Å². The zero-order valence-electron chi connectivity index (χ0n) is 17.1. The topological polar surface area (TPSA) is 87.4 Å². The van der Waals surface area contributed by atoms with Gasteiger partial charge >= 0.3 is 11.7 Å². The van der Waals surface area contributed by atoms with E-state index in [0.717, 1.165) is 6.07 Å². The Morgan fingerprint density at radius 2 is 1.38 bits per heavy atom. The van der Waals surface area contributed by atoms with Crippen molar-refractivity contribution >= 4 is 58.3 Å². The van der Waals surface area contributed by atoms with Crippen molar-refractivity contribution < 1.29 is 14.3 Å². The van der Waals surface area contributed by atoms with Gasteiger partial charge in [-0.2, -0.15) is 4.57 Å². The fraction of sp³-hybridized carbons (Fsp3) is 0.130. The number of esters is 1. The Balaban J connectivity index is 1.56. The van der Waals surface area contributed by atoms with E-state index >= 15 is 0 Å². The van der Waals surface area contributed by atoms with E-state index in [4.69, 9.17) is 51.1 Å². The Bertz CT molecular complexity index is 1420. The smallest absolute Gasteiger partial charge is 0.338 e. The van der Waals surface area contributed by atoms with Crippen molar-refractivity contribution in [1.29, 1.82) is 0 Å². The van der Waals surface area contributed by atoms with Crippen molar-refractivity contribution in [3.63, 3.8) is 0 Å². The highest BCUT2D eigenvalue weighted by molar-refractivity contribution is 6.35. The van der Waals surface area contributed by atoms with Gasteiger partial charge in [0.2, 0.25) is 0 Å². The molecule has 1 aliphatic rings. The molecule has 0 bridgehead atoms. The predicted octanol–water partition coefficient (Wildman–Crippen LogP) is 5.04. The summed E-state index contributed by atoms with van der Waals surface area (Å²) < 4.78 is 7.19. The molecule has 34 heavy (non-hydrogen) atoms. The highest BCUT2D eigenvalue weighted by Crippen LogP contribution is 2.26. The zero-order valence-corrected chi connectivity index (χ0v) is 20.1. The highest BCUT2D eigenvalue weighted by Gasteiger charge is 2.26. The molecular formula is C23H14Cl4N2O5. The molecule has 4 rings (SSSR count). The molecule has 2 atom stereocenters. The van der Waals surface area contributed by atoms with Crippen LogP contribution in [0.2, 0.25) is 20.1 Å². The van der Waals surface area contributed by atoms with Gasteiger partial charge in [0.15, 0.2) is 0 Å². The van der Waals surface area contributed by atoms with Crippen LogP contribution in [0.4, 0.5) is 0 Å². The summed E-state index contributed by atoms with van der Waals surface area (Å²) in [6.07, 6.45) is 4.13. The number of rotatable bonds is 4. The minimum atomic E-state index is -0.864. The number of halogens is 4. The van der Waals surface area contributed by atoms with Gasteiger partial charge in [0.25, 0.3) is 11.5 Å². The number of hydrogen-bond donors (Lipinski definition) is 0. The maximum atomic E-state index is 13.1. The first-order chi connectivity index (χ1) is 16.1. The average Bonchev–Trinajstić information content (AvgIpc) is 3.20. The summed E-state index contributed by atoms with van der Waals surface area (Å²) in [5.41, 5.74) is -1.48. The zero-order chi connectivity index (χ0) is 24.6. The highest BCUT2D eigenvalue weighted by atomic mass is 35.5. The van der Waals surface area contributed by atoms with E-state index in [1.807, 2.05) is 0 Å². The molecule has 0 radical (unpaired) electrons. The Hall–Kier alpha value is -2.84. The van der Waals surface area contributed by atoms with Gasteiger partial charge < -0.3 is 4.74 Å². The second-order valence-electron chi connectivity index (χ2n) is 7.43. The predicted molar refractivity (Wildman–Crippen MR) is 130 cm³/mol. The second-order valence-corrected chi connectivity index (χ2v) is 9.18. The molecule has 11 heteroatoms. The third-order valence-electron chi connectivity index (χ3n) is 5.06. The molecule has 1 aliphatic carbocycles. The van der Waals surface area contributed by atoms with Gasteiger partial charge in [0, 0.05) is 44.3 Å². The van der Waals surface area contributed by atoms with Crippen LogP contribution in [0.15, 0.2) is 70.4 Å². The number of carbonyl (C=O) groups is 2. The molecule has 0 saturated carbocycles. The van der Waals surface area contributed by atoms with Crippen LogP contribution in [0.1, 0.15) is 33.2 Å². The number of carbonyl (C=O) groups excluding carboxylic acids is 2. The molecular weight excluding hydrogens is 526 g/mol. The van der Waals surface area contributed by atoms with Gasteiger partial charge in [-0.1, -0.05) is 52.5 Å². The van der Waals surface area contributed by atoms with Crippen LogP contribution in [-0.2, 0) is 4.74 Å². The Kier molecular flexibility index (Phi) is 7.00. The summed E-state index contributed by atoms with van der Waals surface area (Å²) in [6, 6.07) is 8.94. The lowest BCUT2D eigenvalue weighted by atomic mass is 10.2. The molecule has 0 amide bonds. The molecule has 3 aromatic rings. The molecule has 7 nitrogen and oxygen atoms in total. The standard InChI is InChI=1S/C23H14Cl4N2O5/c24-14-5-12(6-15(25)9-14)21(31)29-20(30)3-4-28(23(29)33)18-1-2-19(11-18)34-22(32)13-7-16(26)10-17(27)8-13/h1-10,18-19H,11H2/t18-,19+/m0/s1. The van der Waals surface area contributed by atoms with Crippen molar-refractivity contribution in [3.8, 4) is 0 Å². The Labute approximate surface area is 212 Å². The third kappa shape index (κ3) is 5.13. The minimum Gasteiger partial charge on any atom is -0.454 e. The first-order valence-electron chi connectivity index (χ1n) is 9.83. The van der Waals surface area contributed by atoms with Gasteiger partial charge in [-0.25, -0.2) is 9.59 Å². The van der Waals surface area contributed by atoms with Crippen molar-refractivity contribution in [2.24, 2.45) is 0 Å². The van der Waals surface area contributed by atoms with Gasteiger partial charge in [-0.3, -0.25) is 14.2 Å². The third-order valence-corrected chi connectivity index (χ3v) is 5.93. The van der Waals surface area contributed by atoms with Gasteiger partial charge in [0.05, 0.1) is 11.6 Å². The van der Waals surface area contributed by atoms with Crippen LogP contribution < -0.4 is 11.2 Å². The fourth-order valence-electron chi connectivity index (χ4n) is 3.56. The van der Waals surface area contributed by atoms with Crippen LogP contribution in [0.25, 0.3) is 0 Å². The van der Waals surface area contributed by atoms with Crippen molar-refractivity contribution in [2.45, 2.75) is 18.6 Å². The summed E-state index contributed by atoms with van der Waals surface area (Å²) in [5.74, 6) is -1.50. The number of nitrogens with zero attached hydrogens (tertiary/aromatic N) is 2. The molecule has 2 aromatic carbocycles. The Morgan fingerprint density at radius 3 is 1.97 bits per heavy atom. The maximum Gasteiger partial charge on any atom is 0.338 e. The quantitative estimate of drug-likeness (QED) is 0.342. The minimum absolute atomic E-state index is 0.0107. The van der Waals surface area contributed by atoms with Crippen LogP contribution >= 0.6 is 46.4 Å². The summed E-state index contributed by atoms with van der Waals surface area (Å²) in [4.78, 5) is 50.8. The number of allylic oxidation sites excluding steroid dienone is 1. The molecule has 0 spiro atoms. The van der Waals surface area contributed by atoms with Gasteiger partial charge in [-0.05, 0) is 42.5 Å². The van der Waals surface area contributed by atoms with E-state index < -0.39 is 35.3 Å². The summed E-state index contributed by atoms with van der Waals surface area (Å²) in [7, 11) is 0. The number of ether oxygens (including phenoxy) is 1. The van der Waals surface area contributed by atoms with E-state index in [2.05, 4.69) is 0 Å². The number of benzene rings is 2. The normalized spacial score (nSPS) is 17.1. The molecule has 0 saturated heterocycles. The first kappa shape index (κ1) is 24.3. The van der Waals surface area contributed by atoms with E-state index in [0.29, 0.717) is 14.6 Å². The molecule has 0 aliphatic heterocycles. The lowest BCUT2D eigenvalue weighted by Gasteiger charge is -2.16. The van der Waals surface area contributed by atoms with Crippen molar-refractivity contribution in [2.75, 3.05) is 0 Å². The summed E-state index contributed by atoms with van der Waals surface area (Å²) in [5, 5.41) is 0.951. The average molecular weight is 540 g/mol. The largest absolute Gasteiger partial charge is 0.454 e. The first-order valence-corrected chi connectivity index (χ1v) is 11.3.